The van der Waals surface area contributed by atoms with Gasteiger partial charge in [0.15, 0.2) is 16.6 Å². The van der Waals surface area contributed by atoms with Crippen molar-refractivity contribution in [1.29, 1.82) is 0 Å². The first kappa shape index (κ1) is 35.5. The fourth-order valence-electron chi connectivity index (χ4n) is 5.83. The fourth-order valence-corrected chi connectivity index (χ4v) is 23.8. The van der Waals surface area contributed by atoms with Crippen molar-refractivity contribution >= 4 is 65.5 Å². The standard InChI is InChI=1S/C26H50Cl2O2Si5.Zr/c1-17-15-21(27)23(25(17)34(11,12)19(3)29-32(5,6)7)31-24-22(28)16-18(2)26(24)35(13,14)20(4)30-33(8,9)10;/h19-20H,15-16,31H2,1-14H3;. The van der Waals surface area contributed by atoms with Crippen molar-refractivity contribution in [3.05, 3.63) is 42.0 Å². The Morgan fingerprint density at radius 2 is 0.917 bits per heavy atom. The molecule has 0 saturated heterocycles. The molecule has 2 aliphatic rings. The van der Waals surface area contributed by atoms with Crippen LogP contribution in [0.5, 0.6) is 0 Å². The maximum Gasteiger partial charge on any atom is 0.183 e. The molecule has 0 aromatic rings. The van der Waals surface area contributed by atoms with Gasteiger partial charge in [-0.25, -0.2) is 0 Å². The molecule has 2 aliphatic carbocycles. The van der Waals surface area contributed by atoms with Crippen molar-refractivity contribution in [2.24, 2.45) is 0 Å². The van der Waals surface area contributed by atoms with Crippen LogP contribution >= 0.6 is 23.2 Å². The van der Waals surface area contributed by atoms with Crippen LogP contribution in [0.1, 0.15) is 40.5 Å². The molecule has 0 aliphatic heterocycles. The van der Waals surface area contributed by atoms with Gasteiger partial charge in [0, 0.05) is 60.6 Å². The molecule has 2 nitrogen and oxygen atoms in total. The SMILES string of the molecule is CC1=C([Si](C)(C)C(C)O[Si](C)(C)C)C([SiH2]C2=C(Cl)CC(C)=C2[Si](C)(C)C(C)O[Si](C)(C)C)=C(Cl)C1.[Zr]. The predicted molar refractivity (Wildman–Crippen MR) is 172 cm³/mol. The van der Waals surface area contributed by atoms with Gasteiger partial charge >= 0.3 is 0 Å². The van der Waals surface area contributed by atoms with Gasteiger partial charge in [0.1, 0.15) is 16.1 Å². The average Bonchev–Trinajstić information content (AvgIpc) is 3.07. The van der Waals surface area contributed by atoms with Gasteiger partial charge in [-0.15, -0.1) is 0 Å². The van der Waals surface area contributed by atoms with Gasteiger partial charge in [-0.05, 0) is 77.4 Å². The van der Waals surface area contributed by atoms with Crippen LogP contribution in [0.15, 0.2) is 42.0 Å². The second-order valence-corrected chi connectivity index (χ2v) is 34.9. The number of hydrogen-bond acceptors (Lipinski definition) is 2. The van der Waals surface area contributed by atoms with Crippen LogP contribution in [-0.2, 0) is 35.1 Å². The van der Waals surface area contributed by atoms with Crippen molar-refractivity contribution in [3.63, 3.8) is 0 Å². The van der Waals surface area contributed by atoms with Crippen LogP contribution in [0.25, 0.3) is 0 Å². The largest absolute Gasteiger partial charge is 0.418 e. The Hall–Kier alpha value is 1.43. The number of allylic oxidation sites excluding steroid dienone is 8. The molecule has 2 atom stereocenters. The third-order valence-corrected chi connectivity index (χ3v) is 22.8. The maximum atomic E-state index is 7.06. The third-order valence-electron chi connectivity index (χ3n) is 7.69. The summed E-state index contributed by atoms with van der Waals surface area (Å²) in [6, 6.07) is 0. The summed E-state index contributed by atoms with van der Waals surface area (Å²) in [4.78, 5) is 0. The number of rotatable bonds is 10. The first-order valence-electron chi connectivity index (χ1n) is 13.1. The van der Waals surface area contributed by atoms with Crippen LogP contribution in [0.2, 0.25) is 65.5 Å². The molecule has 0 N–H and O–H groups in total. The van der Waals surface area contributed by atoms with Gasteiger partial charge in [-0.1, -0.05) is 70.9 Å². The molecule has 0 radical (unpaired) electrons. The van der Waals surface area contributed by atoms with Crippen LogP contribution in [0.3, 0.4) is 0 Å². The zero-order chi connectivity index (χ0) is 27.3. The molecule has 10 heteroatoms. The molecular formula is C26H50Cl2O2Si5Zr. The van der Waals surface area contributed by atoms with Crippen LogP contribution in [-0.4, -0.2) is 53.8 Å². The minimum Gasteiger partial charge on any atom is -0.418 e. The summed E-state index contributed by atoms with van der Waals surface area (Å²) >= 11 is 14.1. The van der Waals surface area contributed by atoms with E-state index >= 15 is 0 Å². The van der Waals surface area contributed by atoms with E-state index in [-0.39, 0.29) is 37.7 Å². The normalized spacial score (nSPS) is 20.3. The smallest absolute Gasteiger partial charge is 0.183 e. The van der Waals surface area contributed by atoms with Gasteiger partial charge in [-0.3, -0.25) is 0 Å². The summed E-state index contributed by atoms with van der Waals surface area (Å²) in [5, 5.41) is 8.22. The Bertz CT molecular complexity index is 907. The summed E-state index contributed by atoms with van der Waals surface area (Å²) in [7, 11) is -7.88. The van der Waals surface area contributed by atoms with Crippen LogP contribution in [0, 0.1) is 0 Å². The summed E-state index contributed by atoms with van der Waals surface area (Å²) in [6.07, 6.45) is 1.79. The minimum atomic E-state index is -1.89. The van der Waals surface area contributed by atoms with E-state index < -0.39 is 42.3 Å². The summed E-state index contributed by atoms with van der Waals surface area (Å²) < 4.78 is 13.3. The van der Waals surface area contributed by atoms with Gasteiger partial charge in [0.2, 0.25) is 0 Å². The Balaban J connectivity index is 0.00000648. The second-order valence-electron chi connectivity index (χ2n) is 13.8. The van der Waals surface area contributed by atoms with E-state index in [9.17, 15) is 0 Å². The second kappa shape index (κ2) is 12.5. The maximum absolute atomic E-state index is 7.06. The third kappa shape index (κ3) is 8.23. The number of hydrogen-bond donors (Lipinski definition) is 0. The van der Waals surface area contributed by atoms with E-state index in [1.807, 2.05) is 0 Å². The Morgan fingerprint density at radius 3 is 1.17 bits per heavy atom. The van der Waals surface area contributed by atoms with E-state index in [0.717, 1.165) is 22.9 Å². The van der Waals surface area contributed by atoms with Crippen molar-refractivity contribution in [2.75, 3.05) is 0 Å². The van der Waals surface area contributed by atoms with E-state index in [0.29, 0.717) is 0 Å². The van der Waals surface area contributed by atoms with Gasteiger partial charge in [-0.2, -0.15) is 0 Å². The predicted octanol–water partition coefficient (Wildman–Crippen LogP) is 8.55. The van der Waals surface area contributed by atoms with E-state index in [1.54, 1.807) is 10.4 Å². The van der Waals surface area contributed by atoms with Gasteiger partial charge in [0.05, 0.1) is 9.52 Å². The Morgan fingerprint density at radius 1 is 0.639 bits per heavy atom. The molecule has 0 aromatic heterocycles. The molecule has 204 valence electrons. The average molecular weight is 697 g/mol. The van der Waals surface area contributed by atoms with Crippen LogP contribution in [0.4, 0.5) is 0 Å². The molecule has 0 heterocycles. The molecule has 2 unspecified atom stereocenters. The van der Waals surface area contributed by atoms with Crippen molar-refractivity contribution in [1.82, 2.24) is 0 Å². The zero-order valence-electron chi connectivity index (χ0n) is 25.3. The van der Waals surface area contributed by atoms with Crippen LogP contribution < -0.4 is 0 Å². The molecule has 0 bridgehead atoms. The van der Waals surface area contributed by atoms with Crippen molar-refractivity contribution in [3.8, 4) is 0 Å². The fraction of sp³-hybridized carbons (Fsp3) is 0.692. The summed E-state index contributed by atoms with van der Waals surface area (Å²) in [6.45, 7) is 32.9. The van der Waals surface area contributed by atoms with Gasteiger partial charge in [0.25, 0.3) is 0 Å². The molecule has 0 aromatic carbocycles. The quantitative estimate of drug-likeness (QED) is 0.213. The Kier molecular flexibility index (Phi) is 12.3. The van der Waals surface area contributed by atoms with Crippen molar-refractivity contribution < 1.29 is 35.1 Å². The Labute approximate surface area is 258 Å². The van der Waals surface area contributed by atoms with E-state index in [1.165, 1.54) is 21.5 Å². The van der Waals surface area contributed by atoms with Gasteiger partial charge < -0.3 is 8.85 Å². The topological polar surface area (TPSA) is 18.5 Å². The molecular weight excluding hydrogens is 647 g/mol. The zero-order valence-corrected chi connectivity index (χ0v) is 34.7. The monoisotopic (exact) mass is 694 g/mol. The summed E-state index contributed by atoms with van der Waals surface area (Å²) in [5.74, 6) is 0. The molecule has 0 saturated carbocycles. The molecule has 2 rings (SSSR count). The minimum absolute atomic E-state index is 0. The molecule has 0 spiro atoms. The molecule has 0 fully saturated rings. The first-order chi connectivity index (χ1) is 15.6. The van der Waals surface area contributed by atoms with E-state index in [2.05, 4.69) is 93.2 Å². The number of halogens is 2. The molecule has 36 heavy (non-hydrogen) atoms. The van der Waals surface area contributed by atoms with E-state index in [4.69, 9.17) is 32.1 Å². The first-order valence-corrected chi connectivity index (χ1v) is 28.3. The summed E-state index contributed by atoms with van der Waals surface area (Å²) in [5.41, 5.74) is 3.46. The van der Waals surface area contributed by atoms with Crippen molar-refractivity contribution in [2.45, 2.75) is 117 Å². The molecule has 0 amide bonds.